The second-order valence-electron chi connectivity index (χ2n) is 3.49. The molecule has 0 bridgehead atoms. The Kier molecular flexibility index (Phi) is 4.48. The Hall–Kier alpha value is -1.37. The Bertz CT molecular complexity index is 449. The largest absolute Gasteiger partial charge is 0.313 e. The fourth-order valence-electron chi connectivity index (χ4n) is 1.70. The van der Waals surface area contributed by atoms with Gasteiger partial charge >= 0.3 is 0 Å². The summed E-state index contributed by atoms with van der Waals surface area (Å²) in [5.74, 6) is -0.448. The summed E-state index contributed by atoms with van der Waals surface area (Å²) in [5.41, 5.74) is 2.26. The molecule has 1 N–H and O–H groups in total. The predicted octanol–water partition coefficient (Wildman–Crippen LogP) is 2.50. The molecule has 84 valence electrons. The molecule has 2 nitrogen and oxygen atoms in total. The van der Waals surface area contributed by atoms with Crippen molar-refractivity contribution in [1.29, 1.82) is 5.26 Å². The van der Waals surface area contributed by atoms with Crippen LogP contribution in [0.5, 0.6) is 0 Å². The minimum absolute atomic E-state index is 0. The van der Waals surface area contributed by atoms with E-state index in [4.69, 9.17) is 5.26 Å². The van der Waals surface area contributed by atoms with Crippen molar-refractivity contribution in [3.8, 4) is 6.07 Å². The fraction of sp³-hybridized carbons (Fsp3) is 0.250. The smallest absolute Gasteiger partial charge is 0.140 e. The molecule has 1 aliphatic rings. The second-order valence-corrected chi connectivity index (χ2v) is 3.49. The van der Waals surface area contributed by atoms with Crippen LogP contribution in [0.1, 0.15) is 17.5 Å². The number of nitrogens with one attached hydrogen (secondary N) is 1. The molecule has 1 aromatic rings. The van der Waals surface area contributed by atoms with Crippen LogP contribution in [0.25, 0.3) is 5.57 Å². The Morgan fingerprint density at radius 3 is 2.81 bits per heavy atom. The van der Waals surface area contributed by atoms with Crippen molar-refractivity contribution < 1.29 is 4.39 Å². The zero-order chi connectivity index (χ0) is 10.7. The van der Waals surface area contributed by atoms with Crippen LogP contribution in [0.15, 0.2) is 24.3 Å². The van der Waals surface area contributed by atoms with Gasteiger partial charge < -0.3 is 5.32 Å². The molecule has 0 aliphatic carbocycles. The SMILES string of the molecule is Cl.N#Cc1cc(C2=CCNCC2)ccc1F. The monoisotopic (exact) mass is 238 g/mol. The van der Waals surface area contributed by atoms with E-state index in [1.165, 1.54) is 11.6 Å². The molecule has 16 heavy (non-hydrogen) atoms. The number of halogens is 2. The minimum atomic E-state index is -0.448. The van der Waals surface area contributed by atoms with Crippen molar-refractivity contribution in [3.63, 3.8) is 0 Å². The van der Waals surface area contributed by atoms with E-state index < -0.39 is 5.82 Å². The van der Waals surface area contributed by atoms with Gasteiger partial charge in [0.2, 0.25) is 0 Å². The molecule has 0 unspecified atom stereocenters. The number of nitrogens with zero attached hydrogens (tertiary/aromatic N) is 1. The van der Waals surface area contributed by atoms with Crippen LogP contribution < -0.4 is 5.32 Å². The maximum atomic E-state index is 13.1. The van der Waals surface area contributed by atoms with E-state index in [2.05, 4.69) is 11.4 Å². The summed E-state index contributed by atoms with van der Waals surface area (Å²) in [6.45, 7) is 1.78. The van der Waals surface area contributed by atoms with Gasteiger partial charge in [-0.2, -0.15) is 5.26 Å². The number of rotatable bonds is 1. The Labute approximate surface area is 100 Å². The highest BCUT2D eigenvalue weighted by Crippen LogP contribution is 2.21. The zero-order valence-corrected chi connectivity index (χ0v) is 9.48. The van der Waals surface area contributed by atoms with Gasteiger partial charge in [0.15, 0.2) is 0 Å². The van der Waals surface area contributed by atoms with Gasteiger partial charge in [-0.1, -0.05) is 12.1 Å². The molecule has 0 amide bonds. The minimum Gasteiger partial charge on any atom is -0.313 e. The maximum absolute atomic E-state index is 13.1. The van der Waals surface area contributed by atoms with Crippen LogP contribution in [0.2, 0.25) is 0 Å². The topological polar surface area (TPSA) is 35.8 Å². The van der Waals surface area contributed by atoms with Gasteiger partial charge in [0, 0.05) is 6.54 Å². The quantitative estimate of drug-likeness (QED) is 0.816. The number of hydrogen-bond donors (Lipinski definition) is 1. The average molecular weight is 239 g/mol. The third-order valence-corrected chi connectivity index (χ3v) is 2.52. The molecular formula is C12H12ClFN2. The van der Waals surface area contributed by atoms with E-state index >= 15 is 0 Å². The molecule has 1 heterocycles. The summed E-state index contributed by atoms with van der Waals surface area (Å²) in [5, 5.41) is 11.9. The highest BCUT2D eigenvalue weighted by atomic mass is 35.5. The van der Waals surface area contributed by atoms with Crippen molar-refractivity contribution in [2.45, 2.75) is 6.42 Å². The first-order valence-corrected chi connectivity index (χ1v) is 4.91. The van der Waals surface area contributed by atoms with Crippen LogP contribution in [-0.4, -0.2) is 13.1 Å². The van der Waals surface area contributed by atoms with Gasteiger partial charge in [-0.25, -0.2) is 4.39 Å². The van der Waals surface area contributed by atoms with Crippen LogP contribution >= 0.6 is 12.4 Å². The van der Waals surface area contributed by atoms with Crippen molar-refractivity contribution in [1.82, 2.24) is 5.32 Å². The zero-order valence-electron chi connectivity index (χ0n) is 8.66. The van der Waals surface area contributed by atoms with E-state index in [1.54, 1.807) is 12.1 Å². The highest BCUT2D eigenvalue weighted by molar-refractivity contribution is 5.85. The third-order valence-electron chi connectivity index (χ3n) is 2.52. The number of benzene rings is 1. The summed E-state index contributed by atoms with van der Waals surface area (Å²) >= 11 is 0. The molecule has 0 aromatic heterocycles. The summed E-state index contributed by atoms with van der Waals surface area (Å²) in [6.07, 6.45) is 3.01. The first kappa shape index (κ1) is 12.7. The molecule has 0 spiro atoms. The molecule has 1 aliphatic heterocycles. The number of hydrogen-bond acceptors (Lipinski definition) is 2. The van der Waals surface area contributed by atoms with Gasteiger partial charge in [-0.15, -0.1) is 12.4 Å². The molecule has 0 saturated heterocycles. The molecule has 2 rings (SSSR count). The lowest BCUT2D eigenvalue weighted by atomic mass is 9.98. The molecule has 0 fully saturated rings. The van der Waals surface area contributed by atoms with Gasteiger partial charge in [-0.3, -0.25) is 0 Å². The average Bonchev–Trinajstić information content (AvgIpc) is 2.31. The molecule has 0 saturated carbocycles. The Morgan fingerprint density at radius 2 is 2.19 bits per heavy atom. The van der Waals surface area contributed by atoms with E-state index in [9.17, 15) is 4.39 Å². The summed E-state index contributed by atoms with van der Waals surface area (Å²) < 4.78 is 13.1. The van der Waals surface area contributed by atoms with Crippen LogP contribution in [-0.2, 0) is 0 Å². The number of nitriles is 1. The van der Waals surface area contributed by atoms with Crippen molar-refractivity contribution >= 4 is 18.0 Å². The first-order chi connectivity index (χ1) is 7.31. The summed E-state index contributed by atoms with van der Waals surface area (Å²) in [4.78, 5) is 0. The Balaban J connectivity index is 0.00000128. The Morgan fingerprint density at radius 1 is 1.38 bits per heavy atom. The first-order valence-electron chi connectivity index (χ1n) is 4.91. The predicted molar refractivity (Wildman–Crippen MR) is 63.8 cm³/mol. The lowest BCUT2D eigenvalue weighted by Crippen LogP contribution is -2.20. The normalized spacial score (nSPS) is 14.6. The van der Waals surface area contributed by atoms with Gasteiger partial charge in [-0.05, 0) is 36.2 Å². The lowest BCUT2D eigenvalue weighted by Gasteiger charge is -2.14. The van der Waals surface area contributed by atoms with Crippen LogP contribution in [0.4, 0.5) is 4.39 Å². The van der Waals surface area contributed by atoms with Crippen LogP contribution in [0.3, 0.4) is 0 Å². The van der Waals surface area contributed by atoms with E-state index in [-0.39, 0.29) is 18.0 Å². The molecule has 1 aromatic carbocycles. The van der Waals surface area contributed by atoms with Crippen molar-refractivity contribution in [3.05, 3.63) is 41.2 Å². The van der Waals surface area contributed by atoms with Gasteiger partial charge in [0.25, 0.3) is 0 Å². The molecule has 0 atom stereocenters. The van der Waals surface area contributed by atoms with Gasteiger partial charge in [0.05, 0.1) is 5.56 Å². The molecular weight excluding hydrogens is 227 g/mol. The fourth-order valence-corrected chi connectivity index (χ4v) is 1.70. The van der Waals surface area contributed by atoms with Crippen molar-refractivity contribution in [2.24, 2.45) is 0 Å². The lowest BCUT2D eigenvalue weighted by molar-refractivity contribution is 0.623. The van der Waals surface area contributed by atoms with Crippen molar-refractivity contribution in [2.75, 3.05) is 13.1 Å². The van der Waals surface area contributed by atoms with E-state index in [0.29, 0.717) is 0 Å². The standard InChI is InChI=1S/C12H11FN2.ClH/c13-12-2-1-10(7-11(12)8-14)9-3-5-15-6-4-9;/h1-3,7,15H,4-6H2;1H. The maximum Gasteiger partial charge on any atom is 0.140 e. The summed E-state index contributed by atoms with van der Waals surface area (Å²) in [7, 11) is 0. The van der Waals surface area contributed by atoms with E-state index in [0.717, 1.165) is 25.1 Å². The molecule has 4 heteroatoms. The summed E-state index contributed by atoms with van der Waals surface area (Å²) in [6, 6.07) is 6.56. The van der Waals surface area contributed by atoms with E-state index in [1.807, 2.05) is 6.07 Å². The van der Waals surface area contributed by atoms with Crippen LogP contribution in [0, 0.1) is 17.1 Å². The highest BCUT2D eigenvalue weighted by Gasteiger charge is 2.08. The second kappa shape index (κ2) is 5.64. The third kappa shape index (κ3) is 2.60. The molecule has 0 radical (unpaired) electrons. The van der Waals surface area contributed by atoms with Gasteiger partial charge in [0.1, 0.15) is 11.9 Å².